The summed E-state index contributed by atoms with van der Waals surface area (Å²) < 4.78 is 23.3. The molecule has 0 aliphatic carbocycles. The van der Waals surface area contributed by atoms with Gasteiger partial charge in [0.15, 0.2) is 11.6 Å². The molecule has 0 aliphatic rings. The van der Waals surface area contributed by atoms with Crippen molar-refractivity contribution >= 4 is 0 Å². The minimum Gasteiger partial charge on any atom is -0.489 e. The highest BCUT2D eigenvalue weighted by molar-refractivity contribution is 5.29. The molecule has 4 heteroatoms. The second-order valence-electron chi connectivity index (χ2n) is 3.46. The van der Waals surface area contributed by atoms with E-state index in [1.807, 2.05) is 6.92 Å². The highest BCUT2D eigenvalue weighted by Gasteiger charge is 2.06. The Balaban J connectivity index is 2.53. The van der Waals surface area contributed by atoms with E-state index in [2.05, 4.69) is 0 Å². The van der Waals surface area contributed by atoms with Crippen LogP contribution in [-0.2, 0) is 4.74 Å². The molecule has 0 aliphatic heterocycles. The third-order valence-electron chi connectivity index (χ3n) is 1.92. The fourth-order valence-corrected chi connectivity index (χ4v) is 1.18. The lowest BCUT2D eigenvalue weighted by Crippen LogP contribution is -2.32. The van der Waals surface area contributed by atoms with Crippen LogP contribution in [0.15, 0.2) is 18.2 Å². The van der Waals surface area contributed by atoms with Crippen LogP contribution in [0.25, 0.3) is 0 Å². The Labute approximate surface area is 89.0 Å². The lowest BCUT2D eigenvalue weighted by atomic mass is 10.2. The van der Waals surface area contributed by atoms with Crippen molar-refractivity contribution in [1.29, 1.82) is 0 Å². The first-order valence-electron chi connectivity index (χ1n) is 4.77. The highest BCUT2D eigenvalue weighted by atomic mass is 19.1. The van der Waals surface area contributed by atoms with Crippen LogP contribution in [0.1, 0.15) is 5.56 Å². The Bertz CT molecular complexity index is 317. The van der Waals surface area contributed by atoms with Crippen LogP contribution < -0.4 is 10.5 Å². The number of nitrogens with two attached hydrogens (primary N) is 1. The average molecular weight is 213 g/mol. The Hall–Kier alpha value is -1.13. The molecule has 0 spiro atoms. The van der Waals surface area contributed by atoms with Gasteiger partial charge in [-0.2, -0.15) is 0 Å². The molecule has 1 rings (SSSR count). The fourth-order valence-electron chi connectivity index (χ4n) is 1.18. The molecule has 0 aromatic heterocycles. The van der Waals surface area contributed by atoms with Crippen molar-refractivity contribution in [3.63, 3.8) is 0 Å². The highest BCUT2D eigenvalue weighted by Crippen LogP contribution is 2.18. The number of hydrogen-bond donors (Lipinski definition) is 1. The molecule has 0 amide bonds. The molecule has 0 heterocycles. The van der Waals surface area contributed by atoms with Crippen molar-refractivity contribution in [3.8, 4) is 5.75 Å². The average Bonchev–Trinajstić information content (AvgIpc) is 2.20. The molecule has 1 atom stereocenters. The standard InChI is InChI=1S/C11H16FNO2/c1-8-3-4-10(12)11(5-8)15-7-9(13)6-14-2/h3-5,9H,6-7,13H2,1-2H3. The van der Waals surface area contributed by atoms with Crippen molar-refractivity contribution < 1.29 is 13.9 Å². The lowest BCUT2D eigenvalue weighted by molar-refractivity contribution is 0.151. The van der Waals surface area contributed by atoms with Gasteiger partial charge in [-0.25, -0.2) is 4.39 Å². The van der Waals surface area contributed by atoms with Crippen LogP contribution in [0, 0.1) is 12.7 Å². The molecular formula is C11H16FNO2. The number of halogens is 1. The van der Waals surface area contributed by atoms with Gasteiger partial charge in [-0.05, 0) is 24.6 Å². The monoisotopic (exact) mass is 213 g/mol. The molecule has 0 radical (unpaired) electrons. The van der Waals surface area contributed by atoms with E-state index in [9.17, 15) is 4.39 Å². The van der Waals surface area contributed by atoms with Gasteiger partial charge in [0, 0.05) is 7.11 Å². The first kappa shape index (κ1) is 11.9. The molecule has 1 aromatic carbocycles. The first-order chi connectivity index (χ1) is 7.13. The van der Waals surface area contributed by atoms with E-state index in [1.54, 1.807) is 19.2 Å². The van der Waals surface area contributed by atoms with E-state index >= 15 is 0 Å². The van der Waals surface area contributed by atoms with E-state index in [-0.39, 0.29) is 24.2 Å². The summed E-state index contributed by atoms with van der Waals surface area (Å²) in [4.78, 5) is 0. The van der Waals surface area contributed by atoms with E-state index in [0.717, 1.165) is 5.56 Å². The van der Waals surface area contributed by atoms with Gasteiger partial charge in [0.05, 0.1) is 12.6 Å². The predicted octanol–water partition coefficient (Wildman–Crippen LogP) is 1.49. The summed E-state index contributed by atoms with van der Waals surface area (Å²) in [6, 6.07) is 4.48. The summed E-state index contributed by atoms with van der Waals surface area (Å²) in [6.45, 7) is 2.52. The van der Waals surface area contributed by atoms with Crippen LogP contribution in [0.2, 0.25) is 0 Å². The zero-order valence-corrected chi connectivity index (χ0v) is 9.00. The number of benzene rings is 1. The van der Waals surface area contributed by atoms with Crippen LogP contribution in [0.3, 0.4) is 0 Å². The Morgan fingerprint density at radius 2 is 2.13 bits per heavy atom. The molecule has 0 fully saturated rings. The summed E-state index contributed by atoms with van der Waals surface area (Å²) >= 11 is 0. The Morgan fingerprint density at radius 1 is 1.40 bits per heavy atom. The number of ether oxygens (including phenoxy) is 2. The van der Waals surface area contributed by atoms with E-state index in [4.69, 9.17) is 15.2 Å². The molecule has 1 aromatic rings. The Kier molecular flexibility index (Phi) is 4.52. The Morgan fingerprint density at radius 3 is 2.80 bits per heavy atom. The summed E-state index contributed by atoms with van der Waals surface area (Å²) in [7, 11) is 1.56. The summed E-state index contributed by atoms with van der Waals surface area (Å²) in [5, 5.41) is 0. The van der Waals surface area contributed by atoms with Gasteiger partial charge in [-0.1, -0.05) is 6.07 Å². The molecular weight excluding hydrogens is 197 g/mol. The molecule has 1 unspecified atom stereocenters. The van der Waals surface area contributed by atoms with E-state index in [1.165, 1.54) is 6.07 Å². The van der Waals surface area contributed by atoms with Gasteiger partial charge >= 0.3 is 0 Å². The zero-order chi connectivity index (χ0) is 11.3. The summed E-state index contributed by atoms with van der Waals surface area (Å²) in [6.07, 6.45) is 0. The maximum atomic E-state index is 13.2. The van der Waals surface area contributed by atoms with Crippen molar-refractivity contribution in [2.75, 3.05) is 20.3 Å². The van der Waals surface area contributed by atoms with Gasteiger partial charge in [0.2, 0.25) is 0 Å². The largest absolute Gasteiger partial charge is 0.489 e. The molecule has 0 bridgehead atoms. The smallest absolute Gasteiger partial charge is 0.165 e. The number of methoxy groups -OCH3 is 1. The quantitative estimate of drug-likeness (QED) is 0.805. The molecule has 15 heavy (non-hydrogen) atoms. The van der Waals surface area contributed by atoms with Crippen molar-refractivity contribution in [1.82, 2.24) is 0 Å². The second kappa shape index (κ2) is 5.68. The van der Waals surface area contributed by atoms with E-state index < -0.39 is 0 Å². The first-order valence-corrected chi connectivity index (χ1v) is 4.77. The topological polar surface area (TPSA) is 44.5 Å². The van der Waals surface area contributed by atoms with Gasteiger partial charge in [-0.15, -0.1) is 0 Å². The maximum Gasteiger partial charge on any atom is 0.165 e. The fraction of sp³-hybridized carbons (Fsp3) is 0.455. The number of hydrogen-bond acceptors (Lipinski definition) is 3. The molecule has 0 saturated carbocycles. The van der Waals surface area contributed by atoms with Crippen LogP contribution in [-0.4, -0.2) is 26.4 Å². The van der Waals surface area contributed by atoms with Crippen LogP contribution in [0.4, 0.5) is 4.39 Å². The number of aryl methyl sites for hydroxylation is 1. The number of rotatable bonds is 5. The molecule has 0 saturated heterocycles. The maximum absolute atomic E-state index is 13.2. The predicted molar refractivity (Wildman–Crippen MR) is 56.5 cm³/mol. The minimum atomic E-state index is -0.370. The normalized spacial score (nSPS) is 12.5. The van der Waals surface area contributed by atoms with Crippen molar-refractivity contribution in [2.45, 2.75) is 13.0 Å². The third kappa shape index (κ3) is 3.85. The molecule has 84 valence electrons. The van der Waals surface area contributed by atoms with Crippen molar-refractivity contribution in [3.05, 3.63) is 29.6 Å². The van der Waals surface area contributed by atoms with Gasteiger partial charge < -0.3 is 15.2 Å². The second-order valence-corrected chi connectivity index (χ2v) is 3.46. The van der Waals surface area contributed by atoms with E-state index in [0.29, 0.717) is 6.61 Å². The van der Waals surface area contributed by atoms with Crippen LogP contribution >= 0.6 is 0 Å². The third-order valence-corrected chi connectivity index (χ3v) is 1.92. The minimum absolute atomic E-state index is 0.238. The van der Waals surface area contributed by atoms with Gasteiger partial charge in [0.25, 0.3) is 0 Å². The zero-order valence-electron chi connectivity index (χ0n) is 9.00. The lowest BCUT2D eigenvalue weighted by Gasteiger charge is -2.12. The summed E-state index contributed by atoms with van der Waals surface area (Å²) in [5.41, 5.74) is 6.60. The van der Waals surface area contributed by atoms with Crippen molar-refractivity contribution in [2.24, 2.45) is 5.73 Å². The van der Waals surface area contributed by atoms with Crippen LogP contribution in [0.5, 0.6) is 5.75 Å². The van der Waals surface area contributed by atoms with Gasteiger partial charge in [-0.3, -0.25) is 0 Å². The SMILES string of the molecule is COCC(N)COc1cc(C)ccc1F. The summed E-state index contributed by atoms with van der Waals surface area (Å²) in [5.74, 6) is -0.133. The van der Waals surface area contributed by atoms with Gasteiger partial charge in [0.1, 0.15) is 6.61 Å². The molecule has 3 nitrogen and oxygen atoms in total. The molecule has 2 N–H and O–H groups in total.